The molecule has 0 bridgehead atoms. The lowest BCUT2D eigenvalue weighted by molar-refractivity contribution is 0.1000. The van der Waals surface area contributed by atoms with Gasteiger partial charge >= 0.3 is 0 Å². The zero-order valence-electron chi connectivity index (χ0n) is 13.1. The highest BCUT2D eigenvalue weighted by molar-refractivity contribution is 7.89. The lowest BCUT2D eigenvalue weighted by Gasteiger charge is -2.35. The van der Waals surface area contributed by atoms with Gasteiger partial charge in [-0.1, -0.05) is 18.2 Å². The number of hydrogen-bond donors (Lipinski definition) is 1. The Morgan fingerprint density at radius 3 is 2.00 bits per heavy atom. The quantitative estimate of drug-likeness (QED) is 0.905. The van der Waals surface area contributed by atoms with Crippen molar-refractivity contribution in [3.63, 3.8) is 0 Å². The van der Waals surface area contributed by atoms with Crippen LogP contribution in [0.2, 0.25) is 0 Å². The van der Waals surface area contributed by atoms with Crippen molar-refractivity contribution < 1.29 is 13.2 Å². The number of nitrogens with zero attached hydrogens (tertiary/aromatic N) is 2. The highest BCUT2D eigenvalue weighted by Crippen LogP contribution is 2.21. The third kappa shape index (κ3) is 3.27. The summed E-state index contributed by atoms with van der Waals surface area (Å²) in [4.78, 5) is 13.4. The molecule has 2 N–H and O–H groups in total. The molecule has 0 aromatic heterocycles. The van der Waals surface area contributed by atoms with E-state index in [4.69, 9.17) is 5.73 Å². The van der Waals surface area contributed by atoms with E-state index in [1.165, 1.54) is 28.6 Å². The summed E-state index contributed by atoms with van der Waals surface area (Å²) in [6.45, 7) is 2.13. The molecule has 2 aromatic carbocycles. The van der Waals surface area contributed by atoms with Gasteiger partial charge in [0.25, 0.3) is 0 Å². The average molecular weight is 345 g/mol. The highest BCUT2D eigenvalue weighted by atomic mass is 32.2. The van der Waals surface area contributed by atoms with Crippen LogP contribution >= 0.6 is 0 Å². The lowest BCUT2D eigenvalue weighted by Crippen LogP contribution is -2.48. The number of primary amides is 1. The van der Waals surface area contributed by atoms with Crippen molar-refractivity contribution in [1.82, 2.24) is 4.31 Å². The van der Waals surface area contributed by atoms with Gasteiger partial charge in [-0.05, 0) is 36.4 Å². The van der Waals surface area contributed by atoms with Crippen LogP contribution in [0.1, 0.15) is 10.4 Å². The van der Waals surface area contributed by atoms with E-state index in [2.05, 4.69) is 4.90 Å². The third-order valence-corrected chi connectivity index (χ3v) is 6.05. The number of nitrogens with two attached hydrogens (primary N) is 1. The van der Waals surface area contributed by atoms with Gasteiger partial charge in [-0.3, -0.25) is 4.79 Å². The van der Waals surface area contributed by atoms with Gasteiger partial charge in [0.15, 0.2) is 0 Å². The molecule has 0 atom stereocenters. The maximum Gasteiger partial charge on any atom is 0.248 e. The second-order valence-corrected chi connectivity index (χ2v) is 7.55. The number of carbonyl (C=O) groups is 1. The fourth-order valence-electron chi connectivity index (χ4n) is 2.77. The second-order valence-electron chi connectivity index (χ2n) is 5.62. The fourth-order valence-corrected chi connectivity index (χ4v) is 4.19. The van der Waals surface area contributed by atoms with Crippen LogP contribution in [0.3, 0.4) is 0 Å². The molecule has 0 spiro atoms. The van der Waals surface area contributed by atoms with Crippen molar-refractivity contribution in [2.24, 2.45) is 5.73 Å². The molecule has 1 amide bonds. The molecule has 1 heterocycles. The summed E-state index contributed by atoms with van der Waals surface area (Å²) in [7, 11) is -3.56. The first-order valence-electron chi connectivity index (χ1n) is 7.68. The predicted molar refractivity (Wildman–Crippen MR) is 92.4 cm³/mol. The number of rotatable bonds is 4. The largest absolute Gasteiger partial charge is 0.369 e. The summed E-state index contributed by atoms with van der Waals surface area (Å²) in [5, 5.41) is 0. The van der Waals surface area contributed by atoms with Crippen LogP contribution in [0.15, 0.2) is 59.5 Å². The number of piperazine rings is 1. The van der Waals surface area contributed by atoms with Gasteiger partial charge in [-0.15, -0.1) is 0 Å². The highest BCUT2D eigenvalue weighted by Gasteiger charge is 2.28. The zero-order valence-corrected chi connectivity index (χ0v) is 13.9. The Bertz CT molecular complexity index is 812. The van der Waals surface area contributed by atoms with Crippen LogP contribution in [0.25, 0.3) is 0 Å². The maximum atomic E-state index is 12.7. The number of benzene rings is 2. The summed E-state index contributed by atoms with van der Waals surface area (Å²) >= 11 is 0. The van der Waals surface area contributed by atoms with Crippen molar-refractivity contribution in [3.8, 4) is 0 Å². The van der Waals surface area contributed by atoms with Gasteiger partial charge in [-0.2, -0.15) is 4.31 Å². The van der Waals surface area contributed by atoms with Crippen LogP contribution in [0.4, 0.5) is 5.69 Å². The van der Waals surface area contributed by atoms with Crippen molar-refractivity contribution in [1.29, 1.82) is 0 Å². The van der Waals surface area contributed by atoms with E-state index < -0.39 is 15.9 Å². The minimum atomic E-state index is -3.56. The fraction of sp³-hybridized carbons (Fsp3) is 0.235. The molecular formula is C17H19N3O3S. The second kappa shape index (κ2) is 6.62. The van der Waals surface area contributed by atoms with Gasteiger partial charge < -0.3 is 10.6 Å². The van der Waals surface area contributed by atoms with E-state index in [9.17, 15) is 13.2 Å². The van der Waals surface area contributed by atoms with Crippen LogP contribution in [0.5, 0.6) is 0 Å². The van der Waals surface area contributed by atoms with Crippen molar-refractivity contribution in [2.75, 3.05) is 31.1 Å². The minimum absolute atomic E-state index is 0.181. The summed E-state index contributed by atoms with van der Waals surface area (Å²) in [5.41, 5.74) is 6.57. The normalized spacial score (nSPS) is 16.1. The van der Waals surface area contributed by atoms with Crippen LogP contribution in [-0.2, 0) is 10.0 Å². The molecule has 0 radical (unpaired) electrons. The Morgan fingerprint density at radius 2 is 1.46 bits per heavy atom. The molecule has 1 aliphatic rings. The molecule has 0 unspecified atom stereocenters. The Hall–Kier alpha value is -2.38. The van der Waals surface area contributed by atoms with Gasteiger partial charge in [0.2, 0.25) is 15.9 Å². The summed E-state index contributed by atoms with van der Waals surface area (Å²) in [6.07, 6.45) is 0. The summed E-state index contributed by atoms with van der Waals surface area (Å²) in [5.74, 6) is -0.574. The van der Waals surface area contributed by atoms with Gasteiger partial charge in [0.05, 0.1) is 4.90 Å². The number of amides is 1. The summed E-state index contributed by atoms with van der Waals surface area (Å²) in [6, 6.07) is 15.7. The molecule has 1 saturated heterocycles. The van der Waals surface area contributed by atoms with Gasteiger partial charge in [0, 0.05) is 37.4 Å². The van der Waals surface area contributed by atoms with Crippen LogP contribution in [0, 0.1) is 0 Å². The van der Waals surface area contributed by atoms with Crippen LogP contribution < -0.4 is 10.6 Å². The van der Waals surface area contributed by atoms with E-state index in [-0.39, 0.29) is 4.90 Å². The van der Waals surface area contributed by atoms with Crippen molar-refractivity contribution >= 4 is 21.6 Å². The Balaban J connectivity index is 1.72. The first-order chi connectivity index (χ1) is 11.5. The number of sulfonamides is 1. The maximum absolute atomic E-state index is 12.7. The average Bonchev–Trinajstić information content (AvgIpc) is 2.62. The summed E-state index contributed by atoms with van der Waals surface area (Å²) < 4.78 is 26.9. The van der Waals surface area contributed by atoms with E-state index in [1.54, 1.807) is 0 Å². The molecule has 6 nitrogen and oxygen atoms in total. The Labute approximate surface area is 141 Å². The minimum Gasteiger partial charge on any atom is -0.369 e. The number of para-hydroxylation sites is 1. The topological polar surface area (TPSA) is 83.7 Å². The molecule has 3 rings (SSSR count). The number of carbonyl (C=O) groups excluding carboxylic acids is 1. The number of anilines is 1. The molecule has 7 heteroatoms. The van der Waals surface area contributed by atoms with E-state index in [0.29, 0.717) is 31.7 Å². The molecule has 24 heavy (non-hydrogen) atoms. The van der Waals surface area contributed by atoms with E-state index in [1.807, 2.05) is 30.3 Å². The molecular weight excluding hydrogens is 326 g/mol. The monoisotopic (exact) mass is 345 g/mol. The zero-order chi connectivity index (χ0) is 17.2. The first kappa shape index (κ1) is 16.5. The Kier molecular flexibility index (Phi) is 4.55. The van der Waals surface area contributed by atoms with Crippen molar-refractivity contribution in [3.05, 3.63) is 60.2 Å². The molecule has 0 aliphatic carbocycles. The smallest absolute Gasteiger partial charge is 0.248 e. The van der Waals surface area contributed by atoms with Gasteiger partial charge in [-0.25, -0.2) is 8.42 Å². The first-order valence-corrected chi connectivity index (χ1v) is 9.12. The van der Waals surface area contributed by atoms with Gasteiger partial charge in [0.1, 0.15) is 0 Å². The standard InChI is InChI=1S/C17H19N3O3S/c18-17(21)14-6-8-16(9-7-14)24(22,23)20-12-10-19(11-13-20)15-4-2-1-3-5-15/h1-9H,10-13H2,(H2,18,21). The van der Waals surface area contributed by atoms with Crippen molar-refractivity contribution in [2.45, 2.75) is 4.90 Å². The van der Waals surface area contributed by atoms with E-state index in [0.717, 1.165) is 5.69 Å². The molecule has 126 valence electrons. The molecule has 2 aromatic rings. The molecule has 1 aliphatic heterocycles. The lowest BCUT2D eigenvalue weighted by atomic mass is 10.2. The Morgan fingerprint density at radius 1 is 0.875 bits per heavy atom. The SMILES string of the molecule is NC(=O)c1ccc(S(=O)(=O)N2CCN(c3ccccc3)CC2)cc1. The van der Waals surface area contributed by atoms with Crippen LogP contribution in [-0.4, -0.2) is 44.8 Å². The predicted octanol–water partition coefficient (Wildman–Crippen LogP) is 1.30. The van der Waals surface area contributed by atoms with E-state index >= 15 is 0 Å². The third-order valence-electron chi connectivity index (χ3n) is 4.14. The molecule has 1 fully saturated rings. The molecule has 0 saturated carbocycles. The number of hydrogen-bond acceptors (Lipinski definition) is 4.